The highest BCUT2D eigenvalue weighted by atomic mass is 16.5. The van der Waals surface area contributed by atoms with Crippen LogP contribution in [0.25, 0.3) is 0 Å². The maximum absolute atomic E-state index is 14.0. The summed E-state index contributed by atoms with van der Waals surface area (Å²) < 4.78 is 10.9. The van der Waals surface area contributed by atoms with Gasteiger partial charge in [0.1, 0.15) is 0 Å². The molecule has 1 aliphatic carbocycles. The van der Waals surface area contributed by atoms with E-state index in [4.69, 9.17) is 9.47 Å². The van der Waals surface area contributed by atoms with Crippen LogP contribution < -0.4 is 9.47 Å². The molecule has 5 nitrogen and oxygen atoms in total. The van der Waals surface area contributed by atoms with E-state index < -0.39 is 0 Å². The molecule has 0 N–H and O–H groups in total. The topological polar surface area (TPSA) is 42.0 Å². The maximum atomic E-state index is 14.0. The minimum atomic E-state index is 0.0492. The van der Waals surface area contributed by atoms with Gasteiger partial charge in [0.15, 0.2) is 11.5 Å². The Kier molecular flexibility index (Phi) is 8.65. The number of ether oxygens (including phenoxy) is 2. The molecule has 5 heteroatoms. The van der Waals surface area contributed by atoms with Crippen molar-refractivity contribution in [3.63, 3.8) is 0 Å². The minimum Gasteiger partial charge on any atom is -0.493 e. The number of likely N-dealkylation sites (tertiary alicyclic amines) is 1. The minimum absolute atomic E-state index is 0.0492. The zero-order valence-electron chi connectivity index (χ0n) is 22.7. The average Bonchev–Trinajstić information content (AvgIpc) is 3.00. The van der Waals surface area contributed by atoms with Gasteiger partial charge in [0, 0.05) is 37.3 Å². The third-order valence-corrected chi connectivity index (χ3v) is 8.45. The summed E-state index contributed by atoms with van der Waals surface area (Å²) in [4.78, 5) is 18.8. The van der Waals surface area contributed by atoms with Crippen LogP contribution in [0.4, 0.5) is 0 Å². The molecule has 38 heavy (non-hydrogen) atoms. The molecule has 1 heterocycles. The van der Waals surface area contributed by atoms with E-state index in [1.54, 1.807) is 20.3 Å². The molecule has 2 atom stereocenters. The second-order valence-electron chi connectivity index (χ2n) is 10.6. The van der Waals surface area contributed by atoms with Crippen molar-refractivity contribution in [1.82, 2.24) is 9.80 Å². The third kappa shape index (κ3) is 5.88. The number of amides is 1. The van der Waals surface area contributed by atoms with Gasteiger partial charge in [-0.3, -0.25) is 9.69 Å². The Hall–Kier alpha value is -3.31. The first-order valence-electron chi connectivity index (χ1n) is 14.0. The lowest BCUT2D eigenvalue weighted by atomic mass is 9.78. The number of carbonyl (C=O) groups excluding carboxylic acids is 1. The molecule has 1 saturated carbocycles. The summed E-state index contributed by atoms with van der Waals surface area (Å²) in [5, 5.41) is 0. The number of hydrogen-bond donors (Lipinski definition) is 0. The predicted octanol–water partition coefficient (Wildman–Crippen LogP) is 6.54. The van der Waals surface area contributed by atoms with Crippen molar-refractivity contribution in [1.29, 1.82) is 0 Å². The molecule has 200 valence electrons. The van der Waals surface area contributed by atoms with Gasteiger partial charge in [0.2, 0.25) is 0 Å². The first kappa shape index (κ1) is 26.3. The van der Waals surface area contributed by atoms with Gasteiger partial charge in [-0.1, -0.05) is 73.5 Å². The monoisotopic (exact) mass is 512 g/mol. The number of methoxy groups -OCH3 is 2. The number of hydrogen-bond acceptors (Lipinski definition) is 4. The van der Waals surface area contributed by atoms with Crippen molar-refractivity contribution in [3.05, 3.63) is 95.6 Å². The van der Waals surface area contributed by atoms with Crippen molar-refractivity contribution in [2.75, 3.05) is 27.3 Å². The summed E-state index contributed by atoms with van der Waals surface area (Å²) in [6, 6.07) is 27.7. The van der Waals surface area contributed by atoms with Crippen LogP contribution in [-0.2, 0) is 6.54 Å². The highest BCUT2D eigenvalue weighted by molar-refractivity contribution is 5.95. The fraction of sp³-hybridized carbons (Fsp3) is 0.424. The lowest BCUT2D eigenvalue weighted by molar-refractivity contribution is 0.0432. The molecule has 0 spiro atoms. The average molecular weight is 513 g/mol. The summed E-state index contributed by atoms with van der Waals surface area (Å²) >= 11 is 0. The Bertz CT molecular complexity index is 1180. The van der Waals surface area contributed by atoms with Crippen LogP contribution in [0.1, 0.15) is 65.9 Å². The van der Waals surface area contributed by atoms with Gasteiger partial charge >= 0.3 is 0 Å². The molecular formula is C33H40N2O3. The van der Waals surface area contributed by atoms with Gasteiger partial charge in [0.05, 0.1) is 14.2 Å². The number of carbonyl (C=O) groups is 1. The Morgan fingerprint density at radius 1 is 0.816 bits per heavy atom. The van der Waals surface area contributed by atoms with Crippen LogP contribution in [-0.4, -0.2) is 55.1 Å². The van der Waals surface area contributed by atoms with Crippen molar-refractivity contribution in [3.8, 4) is 11.5 Å². The molecular weight excluding hydrogens is 472 g/mol. The van der Waals surface area contributed by atoms with Gasteiger partial charge in [-0.25, -0.2) is 0 Å². The zero-order valence-corrected chi connectivity index (χ0v) is 22.7. The maximum Gasteiger partial charge on any atom is 0.254 e. The molecule has 2 fully saturated rings. The summed E-state index contributed by atoms with van der Waals surface area (Å²) in [6.07, 6.45) is 7.14. The Labute approximate surface area is 227 Å². The molecule has 0 aromatic heterocycles. The first-order valence-corrected chi connectivity index (χ1v) is 14.0. The van der Waals surface area contributed by atoms with E-state index >= 15 is 0 Å². The highest BCUT2D eigenvalue weighted by Gasteiger charge is 2.35. The SMILES string of the molecule is COc1ccc(C(=O)N(Cc2ccccc2)C2CCN([C@@H]3CCCC[C@@H]3c3ccccc3)CC2)cc1OC. The molecule has 1 amide bonds. The van der Waals surface area contributed by atoms with E-state index in [0.717, 1.165) is 31.5 Å². The van der Waals surface area contributed by atoms with Crippen LogP contribution in [0.5, 0.6) is 11.5 Å². The summed E-state index contributed by atoms with van der Waals surface area (Å²) in [5.74, 6) is 1.87. The van der Waals surface area contributed by atoms with Crippen molar-refractivity contribution in [2.45, 2.75) is 63.1 Å². The fourth-order valence-electron chi connectivity index (χ4n) is 6.45. The van der Waals surface area contributed by atoms with Crippen LogP contribution in [0.2, 0.25) is 0 Å². The van der Waals surface area contributed by atoms with Crippen LogP contribution >= 0.6 is 0 Å². The standard InChI is InChI=1S/C33H40N2O3/c1-37-31-18-17-27(23-32(31)38-2)33(36)35(24-25-11-5-3-6-12-25)28-19-21-34(22-20-28)30-16-10-9-15-29(30)26-13-7-4-8-14-26/h3-8,11-14,17-18,23,28-30H,9-10,15-16,19-22,24H2,1-2H3/t29-,30-/m1/s1. The molecule has 3 aromatic rings. The Morgan fingerprint density at radius 3 is 2.16 bits per heavy atom. The van der Waals surface area contributed by atoms with Gasteiger partial charge in [0.25, 0.3) is 5.91 Å². The van der Waals surface area contributed by atoms with Crippen molar-refractivity contribution >= 4 is 5.91 Å². The van der Waals surface area contributed by atoms with Gasteiger partial charge in [-0.2, -0.15) is 0 Å². The predicted molar refractivity (Wildman–Crippen MR) is 152 cm³/mol. The summed E-state index contributed by atoms with van der Waals surface area (Å²) in [5.41, 5.74) is 3.27. The van der Waals surface area contributed by atoms with E-state index in [1.165, 1.54) is 31.2 Å². The van der Waals surface area contributed by atoms with Gasteiger partial charge in [-0.05, 0) is 60.9 Å². The van der Waals surface area contributed by atoms with Crippen LogP contribution in [0.15, 0.2) is 78.9 Å². The summed E-state index contributed by atoms with van der Waals surface area (Å²) in [7, 11) is 3.22. The lowest BCUT2D eigenvalue weighted by Gasteiger charge is -2.45. The van der Waals surface area contributed by atoms with Crippen LogP contribution in [0.3, 0.4) is 0 Å². The smallest absolute Gasteiger partial charge is 0.254 e. The van der Waals surface area contributed by atoms with E-state index in [-0.39, 0.29) is 11.9 Å². The summed E-state index contributed by atoms with van der Waals surface area (Å²) in [6.45, 7) is 2.67. The Morgan fingerprint density at radius 2 is 1.47 bits per heavy atom. The highest BCUT2D eigenvalue weighted by Crippen LogP contribution is 2.38. The normalized spacial score (nSPS) is 20.6. The fourth-order valence-corrected chi connectivity index (χ4v) is 6.45. The van der Waals surface area contributed by atoms with E-state index in [0.29, 0.717) is 35.6 Å². The zero-order chi connectivity index (χ0) is 26.3. The molecule has 1 aliphatic heterocycles. The number of rotatable bonds is 8. The van der Waals surface area contributed by atoms with Gasteiger partial charge in [-0.15, -0.1) is 0 Å². The van der Waals surface area contributed by atoms with Crippen LogP contribution in [0, 0.1) is 0 Å². The Balaban J connectivity index is 1.33. The number of nitrogens with zero attached hydrogens (tertiary/aromatic N) is 2. The van der Waals surface area contributed by atoms with Crippen molar-refractivity contribution < 1.29 is 14.3 Å². The second-order valence-corrected chi connectivity index (χ2v) is 10.6. The molecule has 0 unspecified atom stereocenters. The molecule has 5 rings (SSSR count). The third-order valence-electron chi connectivity index (χ3n) is 8.45. The molecule has 1 saturated heterocycles. The van der Waals surface area contributed by atoms with Crippen molar-refractivity contribution in [2.24, 2.45) is 0 Å². The number of benzene rings is 3. The van der Waals surface area contributed by atoms with Gasteiger partial charge < -0.3 is 14.4 Å². The quantitative estimate of drug-likeness (QED) is 0.344. The second kappa shape index (κ2) is 12.5. The van der Waals surface area contributed by atoms with E-state index in [9.17, 15) is 4.79 Å². The molecule has 3 aromatic carbocycles. The van der Waals surface area contributed by atoms with E-state index in [1.807, 2.05) is 30.3 Å². The van der Waals surface area contributed by atoms with E-state index in [2.05, 4.69) is 52.3 Å². The molecule has 0 radical (unpaired) electrons. The molecule has 2 aliphatic rings. The largest absolute Gasteiger partial charge is 0.493 e. The lowest BCUT2D eigenvalue weighted by Crippen LogP contribution is -2.51. The molecule has 0 bridgehead atoms. The number of piperidine rings is 1. The first-order chi connectivity index (χ1) is 18.7.